The molecule has 1 aliphatic carbocycles. The fraction of sp³-hybridized carbons (Fsp3) is 0.571. The molecule has 0 bridgehead atoms. The van der Waals surface area contributed by atoms with Gasteiger partial charge in [-0.2, -0.15) is 0 Å². The first-order valence-corrected chi connectivity index (χ1v) is 7.09. The number of fused-ring (bicyclic) bond motifs is 1. The Morgan fingerprint density at radius 2 is 2.18 bits per heavy atom. The van der Waals surface area contributed by atoms with Gasteiger partial charge in [0.2, 0.25) is 0 Å². The predicted molar refractivity (Wildman–Crippen MR) is 73.0 cm³/mol. The van der Waals surface area contributed by atoms with Crippen LogP contribution in [0.1, 0.15) is 25.3 Å². The van der Waals surface area contributed by atoms with Crippen LogP contribution in [0.5, 0.6) is 0 Å². The van der Waals surface area contributed by atoms with Crippen LogP contribution in [0.4, 0.5) is 0 Å². The first-order chi connectivity index (χ1) is 8.15. The van der Waals surface area contributed by atoms with E-state index in [1.54, 1.807) is 0 Å². The number of halogens is 2. The Morgan fingerprint density at radius 3 is 2.88 bits per heavy atom. The molecule has 3 rings (SSSR count). The topological polar surface area (TPSA) is 3.24 Å². The van der Waals surface area contributed by atoms with E-state index in [1.165, 1.54) is 38.0 Å². The third kappa shape index (κ3) is 1.89. The van der Waals surface area contributed by atoms with E-state index >= 15 is 0 Å². The van der Waals surface area contributed by atoms with Crippen molar-refractivity contribution in [3.63, 3.8) is 0 Å². The van der Waals surface area contributed by atoms with Crippen LogP contribution in [0.15, 0.2) is 18.2 Å². The molecule has 2 aliphatic rings. The molecule has 0 N–H and O–H groups in total. The quantitative estimate of drug-likeness (QED) is 0.803. The van der Waals surface area contributed by atoms with Gasteiger partial charge in [0.1, 0.15) is 0 Å². The van der Waals surface area contributed by atoms with Gasteiger partial charge in [-0.15, -0.1) is 0 Å². The normalized spacial score (nSPS) is 31.6. The van der Waals surface area contributed by atoms with E-state index in [1.807, 2.05) is 6.07 Å². The van der Waals surface area contributed by atoms with Crippen LogP contribution in [-0.4, -0.2) is 24.5 Å². The number of hydrogen-bond donors (Lipinski definition) is 0. The van der Waals surface area contributed by atoms with Crippen LogP contribution in [0, 0.1) is 5.92 Å². The minimum absolute atomic E-state index is 0.392. The van der Waals surface area contributed by atoms with Crippen molar-refractivity contribution in [2.75, 3.05) is 19.6 Å². The van der Waals surface area contributed by atoms with E-state index < -0.39 is 0 Å². The van der Waals surface area contributed by atoms with Crippen molar-refractivity contribution >= 4 is 23.2 Å². The van der Waals surface area contributed by atoms with Crippen LogP contribution in [0.25, 0.3) is 0 Å². The van der Waals surface area contributed by atoms with E-state index in [2.05, 4.69) is 24.0 Å². The first kappa shape index (κ1) is 11.8. The number of hydrogen-bond acceptors (Lipinski definition) is 1. The molecule has 0 amide bonds. The molecule has 2 atom stereocenters. The molecule has 3 heteroatoms. The lowest BCUT2D eigenvalue weighted by molar-refractivity contribution is 0.299. The first-order valence-electron chi connectivity index (χ1n) is 6.33. The lowest BCUT2D eigenvalue weighted by atomic mass is 9.95. The van der Waals surface area contributed by atoms with Crippen molar-refractivity contribution in [1.82, 2.24) is 4.90 Å². The van der Waals surface area contributed by atoms with Crippen molar-refractivity contribution in [3.05, 3.63) is 33.8 Å². The molecule has 0 spiro atoms. The smallest absolute Gasteiger partial charge is 0.0595 e. The molecule has 0 radical (unpaired) electrons. The van der Waals surface area contributed by atoms with Gasteiger partial charge in [0.05, 0.1) is 10.0 Å². The molecule has 2 fully saturated rings. The minimum Gasteiger partial charge on any atom is -0.302 e. The maximum Gasteiger partial charge on any atom is 0.0595 e. The highest BCUT2D eigenvalue weighted by atomic mass is 35.5. The van der Waals surface area contributed by atoms with Crippen molar-refractivity contribution in [2.24, 2.45) is 5.92 Å². The summed E-state index contributed by atoms with van der Waals surface area (Å²) in [7, 11) is 0. The Morgan fingerprint density at radius 1 is 1.35 bits per heavy atom. The molecule has 1 aromatic carbocycles. The van der Waals surface area contributed by atoms with Gasteiger partial charge in [-0.3, -0.25) is 0 Å². The van der Waals surface area contributed by atoms with Gasteiger partial charge in [-0.25, -0.2) is 0 Å². The lowest BCUT2D eigenvalue weighted by Gasteiger charge is -2.20. The van der Waals surface area contributed by atoms with Crippen LogP contribution in [0.3, 0.4) is 0 Å². The van der Waals surface area contributed by atoms with E-state index in [-0.39, 0.29) is 0 Å². The molecule has 1 heterocycles. The summed E-state index contributed by atoms with van der Waals surface area (Å²) >= 11 is 12.1. The number of piperidine rings is 1. The Labute approximate surface area is 113 Å². The molecule has 17 heavy (non-hydrogen) atoms. The zero-order valence-electron chi connectivity index (χ0n) is 10.0. The molecular formula is C14H17Cl2N. The zero-order valence-corrected chi connectivity index (χ0v) is 11.6. The molecule has 1 unspecified atom stereocenters. The van der Waals surface area contributed by atoms with Gasteiger partial charge < -0.3 is 4.90 Å². The molecular weight excluding hydrogens is 253 g/mol. The average molecular weight is 270 g/mol. The Bertz CT molecular complexity index is 446. The molecule has 92 valence electrons. The number of likely N-dealkylation sites (tertiary alicyclic amines) is 1. The monoisotopic (exact) mass is 269 g/mol. The molecule has 1 nitrogen and oxygen atoms in total. The highest BCUT2D eigenvalue weighted by molar-refractivity contribution is 6.42. The molecule has 1 saturated carbocycles. The standard InChI is InChI=1S/C14H17Cl2N/c1-2-5-17-8-11-7-14(11,9-17)10-3-4-12(15)13(16)6-10/h3-4,6,11H,2,5,7-9H2,1H3/t11-,14?/m0/s1. The largest absolute Gasteiger partial charge is 0.302 e. The maximum absolute atomic E-state index is 6.12. The summed E-state index contributed by atoms with van der Waals surface area (Å²) in [6, 6.07) is 6.16. The number of benzene rings is 1. The summed E-state index contributed by atoms with van der Waals surface area (Å²) < 4.78 is 0. The second-order valence-electron chi connectivity index (χ2n) is 5.42. The predicted octanol–water partition coefficient (Wildman–Crippen LogP) is 3.98. The second-order valence-corrected chi connectivity index (χ2v) is 6.24. The van der Waals surface area contributed by atoms with E-state index in [9.17, 15) is 0 Å². The SMILES string of the molecule is CCCN1C[C@@H]2CC2(c2ccc(Cl)c(Cl)c2)C1. The summed E-state index contributed by atoms with van der Waals surface area (Å²) in [4.78, 5) is 2.58. The minimum atomic E-state index is 0.392. The molecule has 1 saturated heterocycles. The summed E-state index contributed by atoms with van der Waals surface area (Å²) in [6.45, 7) is 5.92. The highest BCUT2D eigenvalue weighted by Gasteiger charge is 2.60. The molecule has 1 aliphatic heterocycles. The zero-order chi connectivity index (χ0) is 12.0. The van der Waals surface area contributed by atoms with Gasteiger partial charge >= 0.3 is 0 Å². The summed E-state index contributed by atoms with van der Waals surface area (Å²) in [5.41, 5.74) is 1.78. The average Bonchev–Trinajstić information content (AvgIpc) is 2.87. The van der Waals surface area contributed by atoms with Gasteiger partial charge in [0, 0.05) is 18.5 Å². The van der Waals surface area contributed by atoms with E-state index in [4.69, 9.17) is 23.2 Å². The van der Waals surface area contributed by atoms with Crippen molar-refractivity contribution in [3.8, 4) is 0 Å². The van der Waals surface area contributed by atoms with Crippen LogP contribution in [0.2, 0.25) is 10.0 Å². The van der Waals surface area contributed by atoms with Gasteiger partial charge in [0.25, 0.3) is 0 Å². The van der Waals surface area contributed by atoms with Crippen molar-refractivity contribution in [2.45, 2.75) is 25.2 Å². The summed E-state index contributed by atoms with van der Waals surface area (Å²) in [5.74, 6) is 0.839. The Kier molecular flexibility index (Phi) is 2.89. The Hall–Kier alpha value is -0.240. The fourth-order valence-corrected chi connectivity index (χ4v) is 3.62. The van der Waals surface area contributed by atoms with Crippen molar-refractivity contribution < 1.29 is 0 Å². The van der Waals surface area contributed by atoms with Crippen LogP contribution >= 0.6 is 23.2 Å². The van der Waals surface area contributed by atoms with E-state index in [0.717, 1.165) is 5.92 Å². The number of rotatable bonds is 3. The number of nitrogens with zero attached hydrogens (tertiary/aromatic N) is 1. The van der Waals surface area contributed by atoms with Crippen LogP contribution in [-0.2, 0) is 5.41 Å². The summed E-state index contributed by atoms with van der Waals surface area (Å²) in [5, 5.41) is 1.35. The van der Waals surface area contributed by atoms with Crippen molar-refractivity contribution in [1.29, 1.82) is 0 Å². The highest BCUT2D eigenvalue weighted by Crippen LogP contribution is 2.59. The lowest BCUT2D eigenvalue weighted by Crippen LogP contribution is -2.27. The van der Waals surface area contributed by atoms with Gasteiger partial charge in [-0.05, 0) is 43.0 Å². The van der Waals surface area contributed by atoms with Gasteiger partial charge in [-0.1, -0.05) is 36.2 Å². The second kappa shape index (κ2) is 4.15. The fourth-order valence-electron chi connectivity index (χ4n) is 3.33. The third-order valence-corrected chi connectivity index (χ3v) is 4.99. The molecule has 1 aromatic rings. The van der Waals surface area contributed by atoms with E-state index in [0.29, 0.717) is 15.5 Å². The maximum atomic E-state index is 6.12. The molecule has 0 aromatic heterocycles. The third-order valence-electron chi connectivity index (χ3n) is 4.25. The summed E-state index contributed by atoms with van der Waals surface area (Å²) in [6.07, 6.45) is 2.56. The van der Waals surface area contributed by atoms with Crippen LogP contribution < -0.4 is 0 Å². The van der Waals surface area contributed by atoms with Gasteiger partial charge in [0.15, 0.2) is 0 Å². The Balaban J connectivity index is 1.83.